The highest BCUT2D eigenvalue weighted by Gasteiger charge is 2.23. The number of nitriles is 1. The Morgan fingerprint density at radius 2 is 2.29 bits per heavy atom. The van der Waals surface area contributed by atoms with Gasteiger partial charge in [-0.15, -0.1) is 0 Å². The molecule has 1 aliphatic heterocycles. The molecule has 0 unspecified atom stereocenters. The van der Waals surface area contributed by atoms with Gasteiger partial charge in [-0.1, -0.05) is 18.9 Å². The first kappa shape index (κ1) is 11.9. The predicted octanol–water partition coefficient (Wildman–Crippen LogP) is 3.06. The van der Waals surface area contributed by atoms with Gasteiger partial charge in [-0.05, 0) is 44.5 Å². The van der Waals surface area contributed by atoms with Crippen LogP contribution in [0.3, 0.4) is 0 Å². The molecule has 0 spiro atoms. The second-order valence-corrected chi connectivity index (χ2v) is 4.54. The molecule has 1 fully saturated rings. The molecule has 3 heteroatoms. The van der Waals surface area contributed by atoms with Crippen LogP contribution in [0.1, 0.15) is 31.2 Å². The molecule has 2 aliphatic rings. The summed E-state index contributed by atoms with van der Waals surface area (Å²) in [6.45, 7) is 1.20. The van der Waals surface area contributed by atoms with Crippen LogP contribution in [0.2, 0.25) is 0 Å². The first-order valence-corrected chi connectivity index (χ1v) is 6.20. The Balaban J connectivity index is 0.000000128. The fraction of sp³-hybridized carbons (Fsp3) is 0.500. The molecule has 0 aromatic heterocycles. The van der Waals surface area contributed by atoms with Gasteiger partial charge >= 0.3 is 0 Å². The van der Waals surface area contributed by atoms with Crippen molar-refractivity contribution in [2.75, 3.05) is 13.6 Å². The van der Waals surface area contributed by atoms with Crippen molar-refractivity contribution >= 4 is 0 Å². The molecular weight excluding hydrogens is 212 g/mol. The molecule has 0 saturated heterocycles. The minimum absolute atomic E-state index is 0.632. The fourth-order valence-electron chi connectivity index (χ4n) is 1.75. The summed E-state index contributed by atoms with van der Waals surface area (Å²) < 4.78 is 4.94. The van der Waals surface area contributed by atoms with Crippen LogP contribution in [0.15, 0.2) is 18.2 Å². The maximum atomic E-state index is 8.42. The van der Waals surface area contributed by atoms with Crippen LogP contribution < -0.4 is 10.1 Å². The minimum atomic E-state index is 0.632. The number of nitrogens with one attached hydrogen (secondary N) is 1. The van der Waals surface area contributed by atoms with Crippen LogP contribution in [0, 0.1) is 17.2 Å². The summed E-state index contributed by atoms with van der Waals surface area (Å²) in [5, 5.41) is 11.6. The normalized spacial score (nSPS) is 14.8. The van der Waals surface area contributed by atoms with E-state index in [9.17, 15) is 0 Å². The van der Waals surface area contributed by atoms with E-state index < -0.39 is 0 Å². The van der Waals surface area contributed by atoms with Gasteiger partial charge in [0.2, 0.25) is 0 Å². The molecule has 1 aromatic rings. The van der Waals surface area contributed by atoms with Gasteiger partial charge in [0, 0.05) is 0 Å². The Morgan fingerprint density at radius 1 is 1.47 bits per heavy atom. The van der Waals surface area contributed by atoms with E-state index in [4.69, 9.17) is 10.00 Å². The van der Waals surface area contributed by atoms with Crippen molar-refractivity contribution in [2.24, 2.45) is 5.92 Å². The van der Waals surface area contributed by atoms with Gasteiger partial charge in [-0.3, -0.25) is 0 Å². The van der Waals surface area contributed by atoms with Crippen molar-refractivity contribution in [3.63, 3.8) is 0 Å². The van der Waals surface area contributed by atoms with Crippen molar-refractivity contribution in [3.8, 4) is 17.6 Å². The van der Waals surface area contributed by atoms with Gasteiger partial charge in [-0.2, -0.15) is 5.26 Å². The van der Waals surface area contributed by atoms with Crippen molar-refractivity contribution in [1.29, 1.82) is 5.26 Å². The molecule has 0 bridgehead atoms. The zero-order valence-electron chi connectivity index (χ0n) is 10.2. The highest BCUT2D eigenvalue weighted by atomic mass is 16.6. The van der Waals surface area contributed by atoms with Crippen LogP contribution in [0.5, 0.6) is 11.5 Å². The summed E-state index contributed by atoms with van der Waals surface area (Å²) in [7, 11) is 2.02. The summed E-state index contributed by atoms with van der Waals surface area (Å²) in [6.07, 6.45) is 5.84. The zero-order chi connectivity index (χ0) is 12.1. The molecule has 17 heavy (non-hydrogen) atoms. The van der Waals surface area contributed by atoms with Crippen LogP contribution in [-0.2, 0) is 0 Å². The summed E-state index contributed by atoms with van der Waals surface area (Å²) in [4.78, 5) is 0. The Kier molecular flexibility index (Phi) is 4.00. The first-order chi connectivity index (χ1) is 8.35. The summed E-state index contributed by atoms with van der Waals surface area (Å²) in [5.41, 5.74) is 0.632. The van der Waals surface area contributed by atoms with E-state index in [0.717, 1.165) is 17.4 Å². The lowest BCUT2D eigenvalue weighted by molar-refractivity contribution is 0.631. The van der Waals surface area contributed by atoms with Gasteiger partial charge in [0.1, 0.15) is 6.07 Å². The molecular formula is C14H18N2O. The second kappa shape index (κ2) is 5.70. The number of fused-ring (bicyclic) bond motifs is 1. The van der Waals surface area contributed by atoms with Crippen LogP contribution in [-0.4, -0.2) is 13.6 Å². The first-order valence-electron chi connectivity index (χ1n) is 6.20. The number of hydrogen-bond donors (Lipinski definition) is 1. The molecule has 1 aliphatic carbocycles. The molecule has 1 N–H and O–H groups in total. The van der Waals surface area contributed by atoms with Gasteiger partial charge < -0.3 is 10.1 Å². The molecule has 0 radical (unpaired) electrons. The van der Waals surface area contributed by atoms with E-state index in [1.165, 1.54) is 32.2 Å². The van der Waals surface area contributed by atoms with Crippen LogP contribution >= 0.6 is 0 Å². The third kappa shape index (κ3) is 3.76. The van der Waals surface area contributed by atoms with Crippen LogP contribution in [0.4, 0.5) is 0 Å². The summed E-state index contributed by atoms with van der Waals surface area (Å²) in [6, 6.07) is 7.42. The predicted molar refractivity (Wildman–Crippen MR) is 67.1 cm³/mol. The number of hydrogen-bond acceptors (Lipinski definition) is 3. The Labute approximate surface area is 102 Å². The maximum absolute atomic E-state index is 8.42. The van der Waals surface area contributed by atoms with E-state index in [1.54, 1.807) is 6.07 Å². The van der Waals surface area contributed by atoms with Crippen LogP contribution in [0.25, 0.3) is 0 Å². The van der Waals surface area contributed by atoms with Gasteiger partial charge in [-0.25, -0.2) is 0 Å². The van der Waals surface area contributed by atoms with E-state index >= 15 is 0 Å². The summed E-state index contributed by atoms with van der Waals surface area (Å²) in [5.74, 6) is 2.71. The third-order valence-electron chi connectivity index (χ3n) is 3.01. The number of nitrogens with zero attached hydrogens (tertiary/aromatic N) is 1. The molecule has 1 aromatic carbocycles. The average molecular weight is 230 g/mol. The SMILES string of the molecule is CNCCCC1CC1.N#Cc1cccc2c1O2. The Morgan fingerprint density at radius 3 is 2.88 bits per heavy atom. The molecule has 90 valence electrons. The van der Waals surface area contributed by atoms with E-state index in [2.05, 4.69) is 5.32 Å². The maximum Gasteiger partial charge on any atom is 0.187 e. The summed E-state index contributed by atoms with van der Waals surface area (Å²) >= 11 is 0. The standard InChI is InChI=1S/C7H3NO.C7H15N/c8-4-5-2-1-3-6-7(5)9-6;1-8-6-2-3-7-4-5-7/h1-3H;7-8H,2-6H2,1H3. The van der Waals surface area contributed by atoms with Gasteiger partial charge in [0.15, 0.2) is 11.5 Å². The van der Waals surface area contributed by atoms with E-state index in [0.29, 0.717) is 5.56 Å². The molecule has 3 rings (SSSR count). The molecule has 1 saturated carbocycles. The van der Waals surface area contributed by atoms with Crippen molar-refractivity contribution in [2.45, 2.75) is 25.7 Å². The van der Waals surface area contributed by atoms with Gasteiger partial charge in [0.05, 0.1) is 5.56 Å². The van der Waals surface area contributed by atoms with Crippen molar-refractivity contribution < 1.29 is 4.74 Å². The zero-order valence-corrected chi connectivity index (χ0v) is 10.2. The Bertz CT molecular complexity index is 419. The molecule has 3 nitrogen and oxygen atoms in total. The highest BCUT2D eigenvalue weighted by Crippen LogP contribution is 2.47. The number of para-hydroxylation sites is 1. The lowest BCUT2D eigenvalue weighted by Gasteiger charge is -1.94. The molecule has 0 atom stereocenters. The topological polar surface area (TPSA) is 48.4 Å². The smallest absolute Gasteiger partial charge is 0.187 e. The Hall–Kier alpha value is -1.53. The number of benzene rings is 1. The lowest BCUT2D eigenvalue weighted by atomic mass is 10.2. The van der Waals surface area contributed by atoms with E-state index in [1.807, 2.05) is 25.2 Å². The largest absolute Gasteiger partial charge is 0.448 e. The average Bonchev–Trinajstić information content (AvgIpc) is 3.23. The quantitative estimate of drug-likeness (QED) is 0.648. The van der Waals surface area contributed by atoms with Gasteiger partial charge in [0.25, 0.3) is 0 Å². The lowest BCUT2D eigenvalue weighted by Crippen LogP contribution is -2.07. The minimum Gasteiger partial charge on any atom is -0.448 e. The number of ether oxygens (including phenoxy) is 1. The van der Waals surface area contributed by atoms with Crippen molar-refractivity contribution in [1.82, 2.24) is 5.32 Å². The fourth-order valence-corrected chi connectivity index (χ4v) is 1.75. The third-order valence-corrected chi connectivity index (χ3v) is 3.01. The number of rotatable bonds is 4. The van der Waals surface area contributed by atoms with Crippen molar-refractivity contribution in [3.05, 3.63) is 23.8 Å². The monoisotopic (exact) mass is 230 g/mol. The highest BCUT2D eigenvalue weighted by molar-refractivity contribution is 5.63. The molecule has 0 amide bonds. The van der Waals surface area contributed by atoms with E-state index in [-0.39, 0.29) is 0 Å². The second-order valence-electron chi connectivity index (χ2n) is 4.54. The molecule has 1 heterocycles.